The third-order valence-electron chi connectivity index (χ3n) is 4.10. The molecule has 0 aliphatic heterocycles. The van der Waals surface area contributed by atoms with Gasteiger partial charge < -0.3 is 0 Å². The van der Waals surface area contributed by atoms with Gasteiger partial charge in [0.2, 0.25) is 5.13 Å². The zero-order valence-corrected chi connectivity index (χ0v) is 16.4. The van der Waals surface area contributed by atoms with Gasteiger partial charge in [-0.15, -0.1) is 10.2 Å². The number of benzene rings is 1. The minimum absolute atomic E-state index is 0.0489. The summed E-state index contributed by atoms with van der Waals surface area (Å²) in [6.07, 6.45) is 4.53. The first-order valence-corrected chi connectivity index (χ1v) is 9.78. The molecule has 0 saturated heterocycles. The highest BCUT2D eigenvalue weighted by atomic mass is 32.1. The Kier molecular flexibility index (Phi) is 5.95. The Morgan fingerprint density at radius 1 is 1.26 bits per heavy atom. The molecule has 1 aromatic carbocycles. The number of unbranched alkanes of at least 4 members (excludes halogenated alkanes) is 1. The predicted molar refractivity (Wildman–Crippen MR) is 104 cm³/mol. The van der Waals surface area contributed by atoms with Crippen molar-refractivity contribution in [2.24, 2.45) is 0 Å². The van der Waals surface area contributed by atoms with Gasteiger partial charge in [0.1, 0.15) is 10.8 Å². The Morgan fingerprint density at radius 2 is 2.00 bits per heavy atom. The third kappa shape index (κ3) is 4.39. The highest BCUT2D eigenvalue weighted by Gasteiger charge is 2.22. The molecular formula is C19H22FN5OS. The van der Waals surface area contributed by atoms with E-state index in [0.717, 1.165) is 30.0 Å². The molecule has 2 heterocycles. The van der Waals surface area contributed by atoms with Crippen LogP contribution in [0.15, 0.2) is 30.5 Å². The second-order valence-corrected chi connectivity index (χ2v) is 7.61. The number of aromatic nitrogens is 4. The maximum atomic E-state index is 13.2. The van der Waals surface area contributed by atoms with Gasteiger partial charge in [0.15, 0.2) is 0 Å². The van der Waals surface area contributed by atoms with E-state index < -0.39 is 0 Å². The molecule has 1 N–H and O–H groups in total. The normalized spacial score (nSPS) is 11.1. The van der Waals surface area contributed by atoms with Crippen LogP contribution in [0.2, 0.25) is 0 Å². The standard InChI is InChI=1S/C19H22FN5OS/c1-4-5-6-16-23-24-19(27-16)22-18(26)15-11-21-25(17(15)12(2)3)14-9-7-13(20)8-10-14/h7-12H,4-6H2,1-3H3,(H,22,24,26). The lowest BCUT2D eigenvalue weighted by atomic mass is 10.1. The van der Waals surface area contributed by atoms with Crippen LogP contribution in [0.3, 0.4) is 0 Å². The quantitative estimate of drug-likeness (QED) is 0.644. The van der Waals surface area contributed by atoms with Gasteiger partial charge in [0, 0.05) is 6.42 Å². The molecule has 0 atom stereocenters. The molecule has 0 bridgehead atoms. The molecule has 3 aromatic rings. The summed E-state index contributed by atoms with van der Waals surface area (Å²) in [6.45, 7) is 6.10. The van der Waals surface area contributed by atoms with E-state index in [-0.39, 0.29) is 17.6 Å². The van der Waals surface area contributed by atoms with Crippen LogP contribution in [0.25, 0.3) is 5.69 Å². The molecule has 1 amide bonds. The fourth-order valence-corrected chi connectivity index (χ4v) is 3.55. The second-order valence-electron chi connectivity index (χ2n) is 6.55. The van der Waals surface area contributed by atoms with Gasteiger partial charge >= 0.3 is 0 Å². The molecule has 8 heteroatoms. The van der Waals surface area contributed by atoms with Crippen LogP contribution >= 0.6 is 11.3 Å². The van der Waals surface area contributed by atoms with Crippen molar-refractivity contribution in [2.45, 2.75) is 46.0 Å². The van der Waals surface area contributed by atoms with Crippen molar-refractivity contribution >= 4 is 22.4 Å². The number of carbonyl (C=O) groups is 1. The van der Waals surface area contributed by atoms with Crippen molar-refractivity contribution in [3.8, 4) is 5.69 Å². The van der Waals surface area contributed by atoms with E-state index >= 15 is 0 Å². The van der Waals surface area contributed by atoms with E-state index in [4.69, 9.17) is 0 Å². The molecule has 0 aliphatic carbocycles. The SMILES string of the molecule is CCCCc1nnc(NC(=O)c2cnn(-c3ccc(F)cc3)c2C(C)C)s1. The maximum Gasteiger partial charge on any atom is 0.260 e. The average molecular weight is 387 g/mol. The molecule has 0 spiro atoms. The topological polar surface area (TPSA) is 72.7 Å². The van der Waals surface area contributed by atoms with Crippen molar-refractivity contribution in [1.29, 1.82) is 0 Å². The van der Waals surface area contributed by atoms with E-state index in [0.29, 0.717) is 16.4 Å². The fourth-order valence-electron chi connectivity index (χ4n) is 2.77. The number of hydrogen-bond donors (Lipinski definition) is 1. The van der Waals surface area contributed by atoms with Crippen molar-refractivity contribution in [3.05, 3.63) is 52.5 Å². The van der Waals surface area contributed by atoms with Gasteiger partial charge in [-0.25, -0.2) is 9.07 Å². The zero-order valence-electron chi connectivity index (χ0n) is 15.6. The average Bonchev–Trinajstić information content (AvgIpc) is 3.27. The molecule has 142 valence electrons. The number of nitrogens with zero attached hydrogens (tertiary/aromatic N) is 4. The van der Waals surface area contributed by atoms with Crippen molar-refractivity contribution in [2.75, 3.05) is 5.32 Å². The van der Waals surface area contributed by atoms with E-state index in [9.17, 15) is 9.18 Å². The Labute approximate surface area is 161 Å². The van der Waals surface area contributed by atoms with Gasteiger partial charge in [-0.05, 0) is 36.6 Å². The predicted octanol–water partition coefficient (Wildman–Crippen LogP) is 4.58. The molecule has 0 fully saturated rings. The van der Waals surface area contributed by atoms with E-state index in [2.05, 4.69) is 27.5 Å². The number of hydrogen-bond acceptors (Lipinski definition) is 5. The number of halogens is 1. The Bertz CT molecular complexity index is 917. The van der Waals surface area contributed by atoms with Crippen LogP contribution in [0.5, 0.6) is 0 Å². The van der Waals surface area contributed by atoms with Gasteiger partial charge in [-0.2, -0.15) is 5.10 Å². The van der Waals surface area contributed by atoms with Crippen molar-refractivity contribution < 1.29 is 9.18 Å². The number of anilines is 1. The summed E-state index contributed by atoms with van der Waals surface area (Å²) >= 11 is 1.39. The Hall–Kier alpha value is -2.61. The van der Waals surface area contributed by atoms with E-state index in [1.165, 1.54) is 29.7 Å². The summed E-state index contributed by atoms with van der Waals surface area (Å²) in [5.41, 5.74) is 1.94. The van der Waals surface area contributed by atoms with Crippen LogP contribution in [-0.2, 0) is 6.42 Å². The molecule has 0 aliphatic rings. The zero-order chi connectivity index (χ0) is 19.4. The third-order valence-corrected chi connectivity index (χ3v) is 5.00. The lowest BCUT2D eigenvalue weighted by Crippen LogP contribution is -2.15. The molecule has 3 rings (SSSR count). The number of nitrogens with one attached hydrogen (secondary N) is 1. The summed E-state index contributed by atoms with van der Waals surface area (Å²) in [5, 5.41) is 16.7. The molecular weight excluding hydrogens is 365 g/mol. The Balaban J connectivity index is 1.84. The fraction of sp³-hybridized carbons (Fsp3) is 0.368. The van der Waals surface area contributed by atoms with Crippen LogP contribution in [0, 0.1) is 5.82 Å². The first-order valence-electron chi connectivity index (χ1n) is 8.97. The number of carbonyl (C=O) groups excluding carboxylic acids is 1. The van der Waals surface area contributed by atoms with Gasteiger partial charge in [0.05, 0.1) is 23.1 Å². The minimum atomic E-state index is -0.315. The lowest BCUT2D eigenvalue weighted by molar-refractivity contribution is 0.102. The molecule has 0 unspecified atom stereocenters. The summed E-state index contributed by atoms with van der Waals surface area (Å²) in [7, 11) is 0. The van der Waals surface area contributed by atoms with Crippen molar-refractivity contribution in [3.63, 3.8) is 0 Å². The van der Waals surface area contributed by atoms with Gasteiger partial charge in [0.25, 0.3) is 5.91 Å². The minimum Gasteiger partial charge on any atom is -0.296 e. The first kappa shape index (κ1) is 19.2. The molecule has 27 heavy (non-hydrogen) atoms. The highest BCUT2D eigenvalue weighted by Crippen LogP contribution is 2.25. The number of aryl methyl sites for hydroxylation is 1. The summed E-state index contributed by atoms with van der Waals surface area (Å²) < 4.78 is 14.9. The van der Waals surface area contributed by atoms with Crippen LogP contribution in [-0.4, -0.2) is 25.9 Å². The molecule has 6 nitrogen and oxygen atoms in total. The highest BCUT2D eigenvalue weighted by molar-refractivity contribution is 7.15. The summed E-state index contributed by atoms with van der Waals surface area (Å²) in [4.78, 5) is 12.8. The lowest BCUT2D eigenvalue weighted by Gasteiger charge is -2.12. The summed E-state index contributed by atoms with van der Waals surface area (Å²) in [6, 6.07) is 6.03. The molecule has 2 aromatic heterocycles. The van der Waals surface area contributed by atoms with Crippen LogP contribution in [0.1, 0.15) is 60.6 Å². The summed E-state index contributed by atoms with van der Waals surface area (Å²) in [5.74, 6) is -0.539. The number of amides is 1. The monoisotopic (exact) mass is 387 g/mol. The Morgan fingerprint density at radius 3 is 2.67 bits per heavy atom. The van der Waals surface area contributed by atoms with Crippen LogP contribution in [0.4, 0.5) is 9.52 Å². The van der Waals surface area contributed by atoms with Gasteiger partial charge in [-0.1, -0.05) is 38.5 Å². The smallest absolute Gasteiger partial charge is 0.260 e. The van der Waals surface area contributed by atoms with Crippen LogP contribution < -0.4 is 5.32 Å². The van der Waals surface area contributed by atoms with E-state index in [1.807, 2.05) is 13.8 Å². The number of rotatable bonds is 7. The molecule has 0 radical (unpaired) electrons. The maximum absolute atomic E-state index is 13.2. The first-order chi connectivity index (χ1) is 13.0. The largest absolute Gasteiger partial charge is 0.296 e. The van der Waals surface area contributed by atoms with E-state index in [1.54, 1.807) is 16.8 Å². The van der Waals surface area contributed by atoms with Crippen molar-refractivity contribution in [1.82, 2.24) is 20.0 Å². The molecule has 0 saturated carbocycles. The second kappa shape index (κ2) is 8.39. The van der Waals surface area contributed by atoms with Gasteiger partial charge in [-0.3, -0.25) is 10.1 Å².